The summed E-state index contributed by atoms with van der Waals surface area (Å²) in [7, 11) is 0. The average molecular weight is 266 g/mol. The predicted molar refractivity (Wildman–Crippen MR) is 78.7 cm³/mol. The van der Waals surface area contributed by atoms with Crippen LogP contribution in [0.3, 0.4) is 0 Å². The van der Waals surface area contributed by atoms with Crippen LogP contribution in [0.25, 0.3) is 0 Å². The van der Waals surface area contributed by atoms with E-state index in [1.807, 2.05) is 13.8 Å². The van der Waals surface area contributed by atoms with Gasteiger partial charge in [-0.3, -0.25) is 0 Å². The monoisotopic (exact) mass is 266 g/mol. The number of nitrogens with two attached hydrogens (primary N) is 1. The highest BCUT2D eigenvalue weighted by atomic mass is 16.5. The number of ether oxygens (including phenoxy) is 2. The van der Waals surface area contributed by atoms with E-state index in [2.05, 4.69) is 11.9 Å². The van der Waals surface area contributed by atoms with Crippen LogP contribution >= 0.6 is 0 Å². The molecule has 108 valence electrons. The summed E-state index contributed by atoms with van der Waals surface area (Å²) in [6.07, 6.45) is 6.16. The summed E-state index contributed by atoms with van der Waals surface area (Å²) in [6.45, 7) is 6.80. The number of hydrogen-bond acceptors (Lipinski definition) is 4. The lowest BCUT2D eigenvalue weighted by Crippen LogP contribution is -2.09. The first kappa shape index (κ1) is 15.6. The van der Waals surface area contributed by atoms with Gasteiger partial charge in [0.1, 0.15) is 0 Å². The van der Waals surface area contributed by atoms with E-state index in [-0.39, 0.29) is 6.10 Å². The lowest BCUT2D eigenvalue weighted by atomic mass is 10.2. The maximum absolute atomic E-state index is 5.80. The highest BCUT2D eigenvalue weighted by Gasteiger charge is 2.07. The molecule has 0 atom stereocenters. The van der Waals surface area contributed by atoms with E-state index in [9.17, 15) is 0 Å². The molecule has 0 spiro atoms. The van der Waals surface area contributed by atoms with Gasteiger partial charge in [0.2, 0.25) is 11.8 Å². The van der Waals surface area contributed by atoms with Crippen molar-refractivity contribution in [2.24, 2.45) is 0 Å². The van der Waals surface area contributed by atoms with Crippen LogP contribution in [0.2, 0.25) is 0 Å². The van der Waals surface area contributed by atoms with Crippen LogP contribution in [-0.4, -0.2) is 17.7 Å². The van der Waals surface area contributed by atoms with Crippen LogP contribution in [0.15, 0.2) is 12.1 Å². The maximum atomic E-state index is 5.80. The molecule has 0 unspecified atom stereocenters. The number of rotatable bonds is 9. The van der Waals surface area contributed by atoms with Gasteiger partial charge in [0.05, 0.1) is 18.4 Å². The molecule has 0 saturated heterocycles. The van der Waals surface area contributed by atoms with Gasteiger partial charge in [-0.15, -0.1) is 0 Å². The molecule has 0 aromatic carbocycles. The molecule has 0 aliphatic carbocycles. The Morgan fingerprint density at radius 3 is 2.58 bits per heavy atom. The lowest BCUT2D eigenvalue weighted by Gasteiger charge is -2.12. The molecule has 0 aliphatic rings. The van der Waals surface area contributed by atoms with Crippen LogP contribution in [0, 0.1) is 0 Å². The molecule has 2 N–H and O–H groups in total. The van der Waals surface area contributed by atoms with E-state index in [1.165, 1.54) is 25.7 Å². The Morgan fingerprint density at radius 2 is 1.89 bits per heavy atom. The van der Waals surface area contributed by atoms with Gasteiger partial charge < -0.3 is 15.2 Å². The molecule has 0 bridgehead atoms. The average Bonchev–Trinajstić information content (AvgIpc) is 2.37. The normalized spacial score (nSPS) is 10.7. The van der Waals surface area contributed by atoms with Crippen molar-refractivity contribution >= 4 is 5.69 Å². The zero-order valence-corrected chi connectivity index (χ0v) is 12.3. The summed E-state index contributed by atoms with van der Waals surface area (Å²) in [5, 5.41) is 0. The van der Waals surface area contributed by atoms with Crippen molar-refractivity contribution < 1.29 is 9.47 Å². The summed E-state index contributed by atoms with van der Waals surface area (Å²) < 4.78 is 11.1. The third kappa shape index (κ3) is 6.32. The van der Waals surface area contributed by atoms with E-state index in [1.54, 1.807) is 12.1 Å². The summed E-state index contributed by atoms with van der Waals surface area (Å²) in [5.74, 6) is 1.04. The summed E-state index contributed by atoms with van der Waals surface area (Å²) in [4.78, 5) is 4.28. The van der Waals surface area contributed by atoms with E-state index in [4.69, 9.17) is 15.2 Å². The second-order valence-corrected chi connectivity index (χ2v) is 4.97. The van der Waals surface area contributed by atoms with Crippen molar-refractivity contribution in [2.45, 2.75) is 59.0 Å². The molecular formula is C15H26N2O2. The third-order valence-corrected chi connectivity index (χ3v) is 2.71. The zero-order chi connectivity index (χ0) is 14.1. The fourth-order valence-corrected chi connectivity index (χ4v) is 1.71. The molecule has 0 aliphatic heterocycles. The number of anilines is 1. The summed E-state index contributed by atoms with van der Waals surface area (Å²) in [5.41, 5.74) is 6.35. The molecule has 1 aromatic heterocycles. The van der Waals surface area contributed by atoms with Crippen molar-refractivity contribution in [1.82, 2.24) is 4.98 Å². The topological polar surface area (TPSA) is 57.4 Å². The van der Waals surface area contributed by atoms with Gasteiger partial charge in [-0.25, -0.2) is 0 Å². The van der Waals surface area contributed by atoms with Crippen molar-refractivity contribution in [3.63, 3.8) is 0 Å². The van der Waals surface area contributed by atoms with E-state index in [0.29, 0.717) is 24.1 Å². The van der Waals surface area contributed by atoms with Crippen molar-refractivity contribution in [2.75, 3.05) is 12.3 Å². The van der Waals surface area contributed by atoms with Crippen molar-refractivity contribution in [3.8, 4) is 11.8 Å². The Labute approximate surface area is 116 Å². The number of hydrogen-bond donors (Lipinski definition) is 1. The van der Waals surface area contributed by atoms with E-state index in [0.717, 1.165) is 6.42 Å². The zero-order valence-electron chi connectivity index (χ0n) is 12.3. The van der Waals surface area contributed by atoms with E-state index >= 15 is 0 Å². The standard InChI is InChI=1S/C15H26N2O2/c1-4-5-6-7-8-11-18-14-10-9-13(16)15(17-14)19-12(2)3/h9-10,12H,4-8,11,16H2,1-3H3. The van der Waals surface area contributed by atoms with Gasteiger partial charge >= 0.3 is 0 Å². The molecule has 0 saturated carbocycles. The second-order valence-electron chi connectivity index (χ2n) is 4.97. The maximum Gasteiger partial charge on any atom is 0.240 e. The largest absolute Gasteiger partial charge is 0.478 e. The van der Waals surface area contributed by atoms with Gasteiger partial charge in [0, 0.05) is 6.07 Å². The Balaban J connectivity index is 2.37. The van der Waals surface area contributed by atoms with E-state index < -0.39 is 0 Å². The number of aromatic nitrogens is 1. The number of nitrogen functional groups attached to an aromatic ring is 1. The number of nitrogens with zero attached hydrogens (tertiary/aromatic N) is 1. The fraction of sp³-hybridized carbons (Fsp3) is 0.667. The molecule has 19 heavy (non-hydrogen) atoms. The fourth-order valence-electron chi connectivity index (χ4n) is 1.71. The Bertz CT molecular complexity index is 367. The molecule has 1 heterocycles. The van der Waals surface area contributed by atoms with Gasteiger partial charge in [-0.1, -0.05) is 32.6 Å². The van der Waals surface area contributed by atoms with Crippen LogP contribution in [-0.2, 0) is 0 Å². The highest BCUT2D eigenvalue weighted by Crippen LogP contribution is 2.23. The minimum absolute atomic E-state index is 0.0547. The summed E-state index contributed by atoms with van der Waals surface area (Å²) >= 11 is 0. The Morgan fingerprint density at radius 1 is 1.16 bits per heavy atom. The number of pyridine rings is 1. The van der Waals surface area contributed by atoms with Gasteiger partial charge in [0.25, 0.3) is 0 Å². The van der Waals surface area contributed by atoms with Gasteiger partial charge in [-0.2, -0.15) is 4.98 Å². The van der Waals surface area contributed by atoms with Crippen molar-refractivity contribution in [1.29, 1.82) is 0 Å². The van der Waals surface area contributed by atoms with Crippen LogP contribution in [0.1, 0.15) is 52.9 Å². The first-order chi connectivity index (χ1) is 9.13. The lowest BCUT2D eigenvalue weighted by molar-refractivity contribution is 0.227. The van der Waals surface area contributed by atoms with Gasteiger partial charge in [0.15, 0.2) is 0 Å². The molecule has 0 radical (unpaired) electrons. The first-order valence-corrected chi connectivity index (χ1v) is 7.19. The molecule has 4 nitrogen and oxygen atoms in total. The van der Waals surface area contributed by atoms with Crippen LogP contribution in [0.4, 0.5) is 5.69 Å². The quantitative estimate of drug-likeness (QED) is 0.691. The smallest absolute Gasteiger partial charge is 0.240 e. The summed E-state index contributed by atoms with van der Waals surface area (Å²) in [6, 6.07) is 3.56. The van der Waals surface area contributed by atoms with Crippen molar-refractivity contribution in [3.05, 3.63) is 12.1 Å². The third-order valence-electron chi connectivity index (χ3n) is 2.71. The molecular weight excluding hydrogens is 240 g/mol. The minimum atomic E-state index is 0.0547. The predicted octanol–water partition coefficient (Wildman–Crippen LogP) is 3.80. The highest BCUT2D eigenvalue weighted by molar-refractivity contribution is 5.49. The number of unbranched alkanes of at least 4 members (excludes halogenated alkanes) is 4. The molecule has 4 heteroatoms. The minimum Gasteiger partial charge on any atom is -0.478 e. The first-order valence-electron chi connectivity index (χ1n) is 7.19. The Hall–Kier alpha value is -1.45. The SMILES string of the molecule is CCCCCCCOc1ccc(N)c(OC(C)C)n1. The molecule has 1 rings (SSSR count). The Kier molecular flexibility index (Phi) is 7.08. The molecule has 1 aromatic rings. The second kappa shape index (κ2) is 8.62. The molecule has 0 fully saturated rings. The van der Waals surface area contributed by atoms with Crippen LogP contribution in [0.5, 0.6) is 11.8 Å². The van der Waals surface area contributed by atoms with Crippen LogP contribution < -0.4 is 15.2 Å². The molecule has 0 amide bonds. The van der Waals surface area contributed by atoms with Gasteiger partial charge in [-0.05, 0) is 26.3 Å².